The zero-order valence-electron chi connectivity index (χ0n) is 12.1. The molecule has 2 N–H and O–H groups in total. The molecule has 3 heteroatoms. The van der Waals surface area contributed by atoms with E-state index in [4.69, 9.17) is 15.2 Å². The molecule has 0 aromatic heterocycles. The molecular weight excluding hydrogens is 250 g/mol. The van der Waals surface area contributed by atoms with Crippen LogP contribution in [0.4, 0.5) is 0 Å². The van der Waals surface area contributed by atoms with Crippen molar-refractivity contribution >= 4 is 0 Å². The fraction of sp³-hybridized carbons (Fsp3) is 0.294. The van der Waals surface area contributed by atoms with E-state index in [1.807, 2.05) is 30.3 Å². The van der Waals surface area contributed by atoms with Crippen molar-refractivity contribution in [1.29, 1.82) is 0 Å². The summed E-state index contributed by atoms with van der Waals surface area (Å²) in [6.45, 7) is 3.26. The average Bonchev–Trinajstić information content (AvgIpc) is 2.47. The molecule has 0 aliphatic rings. The van der Waals surface area contributed by atoms with E-state index in [1.54, 1.807) is 7.11 Å². The Hall–Kier alpha value is -2.00. The lowest BCUT2D eigenvalue weighted by Gasteiger charge is -2.13. The summed E-state index contributed by atoms with van der Waals surface area (Å²) in [6, 6.07) is 14.2. The molecule has 0 fully saturated rings. The Kier molecular flexibility index (Phi) is 5.02. The largest absolute Gasteiger partial charge is 0.493 e. The molecule has 3 nitrogen and oxygen atoms in total. The molecule has 0 atom stereocenters. The SMILES string of the molecule is COc1cc(CCN)ccc1OCc1ccccc1C. The van der Waals surface area contributed by atoms with Crippen LogP contribution in [-0.2, 0) is 13.0 Å². The molecule has 0 heterocycles. The Morgan fingerprint density at radius 1 is 1.05 bits per heavy atom. The van der Waals surface area contributed by atoms with Crippen LogP contribution in [0.3, 0.4) is 0 Å². The fourth-order valence-corrected chi connectivity index (χ4v) is 2.08. The summed E-state index contributed by atoms with van der Waals surface area (Å²) in [5, 5.41) is 0. The lowest BCUT2D eigenvalue weighted by atomic mass is 10.1. The van der Waals surface area contributed by atoms with Gasteiger partial charge in [-0.2, -0.15) is 0 Å². The van der Waals surface area contributed by atoms with Crippen molar-refractivity contribution in [3.05, 3.63) is 59.2 Å². The quantitative estimate of drug-likeness (QED) is 0.878. The molecule has 2 rings (SSSR count). The lowest BCUT2D eigenvalue weighted by Crippen LogP contribution is -2.04. The van der Waals surface area contributed by atoms with Crippen molar-refractivity contribution in [2.24, 2.45) is 5.73 Å². The minimum absolute atomic E-state index is 0.541. The number of hydrogen-bond donors (Lipinski definition) is 1. The highest BCUT2D eigenvalue weighted by Gasteiger charge is 2.06. The van der Waals surface area contributed by atoms with Crippen molar-refractivity contribution in [3.63, 3.8) is 0 Å². The number of ether oxygens (including phenoxy) is 2. The van der Waals surface area contributed by atoms with Gasteiger partial charge < -0.3 is 15.2 Å². The predicted octanol–water partition coefficient (Wildman–Crippen LogP) is 3.08. The van der Waals surface area contributed by atoms with E-state index in [1.165, 1.54) is 11.1 Å². The van der Waals surface area contributed by atoms with Crippen LogP contribution in [0.1, 0.15) is 16.7 Å². The second-order valence-electron chi connectivity index (χ2n) is 4.74. The smallest absolute Gasteiger partial charge is 0.161 e. The number of nitrogens with two attached hydrogens (primary N) is 1. The minimum Gasteiger partial charge on any atom is -0.493 e. The van der Waals surface area contributed by atoms with Gasteiger partial charge in [-0.3, -0.25) is 0 Å². The second kappa shape index (κ2) is 6.96. The number of methoxy groups -OCH3 is 1. The first kappa shape index (κ1) is 14.4. The molecule has 0 unspecified atom stereocenters. The summed E-state index contributed by atoms with van der Waals surface area (Å²) in [6.07, 6.45) is 0.842. The minimum atomic E-state index is 0.541. The van der Waals surface area contributed by atoms with E-state index >= 15 is 0 Å². The summed E-state index contributed by atoms with van der Waals surface area (Å²) in [5.41, 5.74) is 9.14. The molecule has 0 radical (unpaired) electrons. The van der Waals surface area contributed by atoms with Gasteiger partial charge >= 0.3 is 0 Å². The van der Waals surface area contributed by atoms with Crippen LogP contribution < -0.4 is 15.2 Å². The average molecular weight is 271 g/mol. The molecule has 2 aromatic carbocycles. The third-order valence-electron chi connectivity index (χ3n) is 3.31. The number of rotatable bonds is 6. The van der Waals surface area contributed by atoms with Gasteiger partial charge in [0, 0.05) is 0 Å². The summed E-state index contributed by atoms with van der Waals surface area (Å²) < 4.78 is 11.3. The topological polar surface area (TPSA) is 44.5 Å². The highest BCUT2D eigenvalue weighted by atomic mass is 16.5. The Bertz CT molecular complexity index is 567. The summed E-state index contributed by atoms with van der Waals surface area (Å²) in [5.74, 6) is 1.51. The maximum atomic E-state index is 5.87. The molecule has 0 bridgehead atoms. The lowest BCUT2D eigenvalue weighted by molar-refractivity contribution is 0.283. The zero-order chi connectivity index (χ0) is 14.4. The highest BCUT2D eigenvalue weighted by molar-refractivity contribution is 5.43. The Labute approximate surface area is 120 Å². The van der Waals surface area contributed by atoms with Gasteiger partial charge in [0.05, 0.1) is 7.11 Å². The molecule has 2 aromatic rings. The first-order valence-corrected chi connectivity index (χ1v) is 6.79. The van der Waals surface area contributed by atoms with Crippen LogP contribution >= 0.6 is 0 Å². The van der Waals surface area contributed by atoms with E-state index in [0.717, 1.165) is 23.5 Å². The van der Waals surface area contributed by atoms with Crippen molar-refractivity contribution in [2.45, 2.75) is 20.0 Å². The molecule has 106 valence electrons. The number of aryl methyl sites for hydroxylation is 1. The molecule has 0 aliphatic carbocycles. The maximum Gasteiger partial charge on any atom is 0.161 e. The standard InChI is InChI=1S/C17H21NO2/c1-13-5-3-4-6-15(13)12-20-16-8-7-14(9-10-18)11-17(16)19-2/h3-8,11H,9-10,12,18H2,1-2H3. The van der Waals surface area contributed by atoms with Crippen LogP contribution in [0.25, 0.3) is 0 Å². The van der Waals surface area contributed by atoms with Gasteiger partial charge in [0.1, 0.15) is 6.61 Å². The summed E-state index contributed by atoms with van der Waals surface area (Å²) >= 11 is 0. The van der Waals surface area contributed by atoms with Crippen LogP contribution in [0.15, 0.2) is 42.5 Å². The van der Waals surface area contributed by atoms with Crippen LogP contribution in [0.2, 0.25) is 0 Å². The number of benzene rings is 2. The highest BCUT2D eigenvalue weighted by Crippen LogP contribution is 2.29. The van der Waals surface area contributed by atoms with Gasteiger partial charge in [-0.1, -0.05) is 30.3 Å². The van der Waals surface area contributed by atoms with Crippen molar-refractivity contribution in [1.82, 2.24) is 0 Å². The molecular formula is C17H21NO2. The van der Waals surface area contributed by atoms with Crippen LogP contribution in [0.5, 0.6) is 11.5 Å². The van der Waals surface area contributed by atoms with E-state index in [0.29, 0.717) is 13.2 Å². The Balaban J connectivity index is 2.11. The van der Waals surface area contributed by atoms with Gasteiger partial charge in [0.2, 0.25) is 0 Å². The van der Waals surface area contributed by atoms with Gasteiger partial charge in [0.25, 0.3) is 0 Å². The maximum absolute atomic E-state index is 5.87. The van der Waals surface area contributed by atoms with Crippen molar-refractivity contribution in [2.75, 3.05) is 13.7 Å². The molecule has 0 saturated heterocycles. The molecule has 0 saturated carbocycles. The normalized spacial score (nSPS) is 10.3. The third-order valence-corrected chi connectivity index (χ3v) is 3.31. The molecule has 0 amide bonds. The third kappa shape index (κ3) is 3.52. The second-order valence-corrected chi connectivity index (χ2v) is 4.74. The van der Waals surface area contributed by atoms with Gasteiger partial charge in [-0.25, -0.2) is 0 Å². The van der Waals surface area contributed by atoms with Crippen LogP contribution in [0, 0.1) is 6.92 Å². The van der Waals surface area contributed by atoms with Crippen LogP contribution in [-0.4, -0.2) is 13.7 Å². The zero-order valence-corrected chi connectivity index (χ0v) is 12.1. The van der Waals surface area contributed by atoms with Gasteiger partial charge in [-0.15, -0.1) is 0 Å². The predicted molar refractivity (Wildman–Crippen MR) is 81.3 cm³/mol. The first-order valence-electron chi connectivity index (χ1n) is 6.79. The Morgan fingerprint density at radius 3 is 2.55 bits per heavy atom. The Morgan fingerprint density at radius 2 is 1.85 bits per heavy atom. The number of hydrogen-bond acceptors (Lipinski definition) is 3. The molecule has 0 spiro atoms. The van der Waals surface area contributed by atoms with Gasteiger partial charge in [0.15, 0.2) is 11.5 Å². The first-order chi connectivity index (χ1) is 9.74. The van der Waals surface area contributed by atoms with E-state index in [2.05, 4.69) is 19.1 Å². The van der Waals surface area contributed by atoms with Gasteiger partial charge in [-0.05, 0) is 48.7 Å². The monoisotopic (exact) mass is 271 g/mol. The van der Waals surface area contributed by atoms with E-state index < -0.39 is 0 Å². The fourth-order valence-electron chi connectivity index (χ4n) is 2.08. The summed E-state index contributed by atoms with van der Waals surface area (Å²) in [4.78, 5) is 0. The van der Waals surface area contributed by atoms with E-state index in [-0.39, 0.29) is 0 Å². The molecule has 0 aliphatic heterocycles. The summed E-state index contributed by atoms with van der Waals surface area (Å²) in [7, 11) is 1.65. The molecule has 20 heavy (non-hydrogen) atoms. The van der Waals surface area contributed by atoms with Crippen molar-refractivity contribution in [3.8, 4) is 11.5 Å². The van der Waals surface area contributed by atoms with E-state index in [9.17, 15) is 0 Å². The van der Waals surface area contributed by atoms with Crippen molar-refractivity contribution < 1.29 is 9.47 Å².